The van der Waals surface area contributed by atoms with Crippen molar-refractivity contribution in [3.63, 3.8) is 0 Å². The molecule has 0 unspecified atom stereocenters. The molecule has 12 heavy (non-hydrogen) atoms. The average molecular weight is 188 g/mol. The van der Waals surface area contributed by atoms with E-state index < -0.39 is 0 Å². The Morgan fingerprint density at radius 3 is 1.75 bits per heavy atom. The van der Waals surface area contributed by atoms with Crippen LogP contribution in [0.5, 0.6) is 0 Å². The van der Waals surface area contributed by atoms with E-state index in [4.69, 9.17) is 0 Å². The number of rotatable bonds is 1. The van der Waals surface area contributed by atoms with Crippen LogP contribution >= 0.6 is 12.4 Å². The predicted octanol–water partition coefficient (Wildman–Crippen LogP) is 2.49. The summed E-state index contributed by atoms with van der Waals surface area (Å²) >= 11 is 0. The van der Waals surface area contributed by atoms with Gasteiger partial charge in [-0.05, 0) is 19.1 Å². The summed E-state index contributed by atoms with van der Waals surface area (Å²) in [6.07, 6.45) is 4.17. The Hall–Kier alpha value is -0.890. The largest absolute Gasteiger partial charge is 0.300 e. The number of hydrogen-bond acceptors (Lipinski definition) is 2. The lowest BCUT2D eigenvalue weighted by Gasteiger charge is -1.71. The summed E-state index contributed by atoms with van der Waals surface area (Å²) in [5, 5.41) is 0. The van der Waals surface area contributed by atoms with Gasteiger partial charge in [0.2, 0.25) is 0 Å². The Bertz CT molecular complexity index is 162. The van der Waals surface area contributed by atoms with E-state index >= 15 is 0 Å². The van der Waals surface area contributed by atoms with Crippen molar-refractivity contribution < 1.29 is 4.79 Å². The van der Waals surface area contributed by atoms with E-state index in [2.05, 4.69) is 4.98 Å². The van der Waals surface area contributed by atoms with Crippen LogP contribution in [-0.4, -0.2) is 10.8 Å². The first kappa shape index (κ1) is 13.7. The van der Waals surface area contributed by atoms with Crippen LogP contribution in [0.3, 0.4) is 0 Å². The molecule has 2 nitrogen and oxygen atoms in total. The zero-order chi connectivity index (χ0) is 8.53. The summed E-state index contributed by atoms with van der Waals surface area (Å²) in [6.45, 7) is 3.43. The van der Waals surface area contributed by atoms with E-state index in [0.717, 1.165) is 0 Å². The van der Waals surface area contributed by atoms with Crippen molar-refractivity contribution in [2.75, 3.05) is 0 Å². The maximum atomic E-state index is 9.81. The van der Waals surface area contributed by atoms with Gasteiger partial charge in [0.1, 0.15) is 5.78 Å². The summed E-state index contributed by atoms with van der Waals surface area (Å²) in [7, 11) is 0. The highest BCUT2D eigenvalue weighted by Crippen LogP contribution is 1.73. The molecule has 1 rings (SSSR count). The molecular weight excluding hydrogens is 174 g/mol. The SMILES string of the molecule is CCC(C)=O.Cl.c1ccncc1. The molecule has 0 saturated heterocycles. The van der Waals surface area contributed by atoms with Crippen molar-refractivity contribution in [3.05, 3.63) is 30.6 Å². The highest BCUT2D eigenvalue weighted by atomic mass is 35.5. The Labute approximate surface area is 79.4 Å². The topological polar surface area (TPSA) is 30.0 Å². The third kappa shape index (κ3) is 11.9. The van der Waals surface area contributed by atoms with E-state index in [-0.39, 0.29) is 18.2 Å². The van der Waals surface area contributed by atoms with Gasteiger partial charge in [0.25, 0.3) is 0 Å². The van der Waals surface area contributed by atoms with E-state index in [1.54, 1.807) is 19.3 Å². The highest BCUT2D eigenvalue weighted by molar-refractivity contribution is 5.85. The summed E-state index contributed by atoms with van der Waals surface area (Å²) < 4.78 is 0. The predicted molar refractivity (Wildman–Crippen MR) is 52.5 cm³/mol. The van der Waals surface area contributed by atoms with Crippen LogP contribution in [0.2, 0.25) is 0 Å². The molecule has 0 spiro atoms. The van der Waals surface area contributed by atoms with Gasteiger partial charge < -0.3 is 4.79 Å². The lowest BCUT2D eigenvalue weighted by molar-refractivity contribution is -0.116. The van der Waals surface area contributed by atoms with Gasteiger partial charge in [0.15, 0.2) is 0 Å². The second kappa shape index (κ2) is 10.1. The third-order valence-corrected chi connectivity index (χ3v) is 1.06. The molecule has 1 heterocycles. The number of halogens is 1. The summed E-state index contributed by atoms with van der Waals surface area (Å²) in [6, 6.07) is 5.72. The van der Waals surface area contributed by atoms with Gasteiger partial charge in [0, 0.05) is 18.8 Å². The lowest BCUT2D eigenvalue weighted by atomic mass is 10.4. The van der Waals surface area contributed by atoms with E-state index in [9.17, 15) is 4.79 Å². The van der Waals surface area contributed by atoms with Crippen molar-refractivity contribution in [1.82, 2.24) is 4.98 Å². The molecule has 0 fully saturated rings. The zero-order valence-corrected chi connectivity index (χ0v) is 8.17. The molecule has 0 aliphatic carbocycles. The maximum absolute atomic E-state index is 9.81. The van der Waals surface area contributed by atoms with Crippen molar-refractivity contribution >= 4 is 18.2 Å². The van der Waals surface area contributed by atoms with Gasteiger partial charge in [0.05, 0.1) is 0 Å². The number of nitrogens with zero attached hydrogens (tertiary/aromatic N) is 1. The molecule has 0 aliphatic rings. The number of Topliss-reactive ketones (excluding diaryl/α,β-unsaturated/α-hetero) is 1. The smallest absolute Gasteiger partial charge is 0.129 e. The van der Waals surface area contributed by atoms with Crippen LogP contribution in [0.25, 0.3) is 0 Å². The van der Waals surface area contributed by atoms with Crippen molar-refractivity contribution in [2.45, 2.75) is 20.3 Å². The Morgan fingerprint density at radius 1 is 1.25 bits per heavy atom. The molecule has 0 radical (unpaired) electrons. The summed E-state index contributed by atoms with van der Waals surface area (Å²) in [5.74, 6) is 0.255. The minimum atomic E-state index is 0. The molecule has 0 aliphatic heterocycles. The fourth-order valence-corrected chi connectivity index (χ4v) is 0.313. The van der Waals surface area contributed by atoms with Gasteiger partial charge >= 0.3 is 0 Å². The summed E-state index contributed by atoms with van der Waals surface area (Å²) in [4.78, 5) is 13.6. The molecule has 68 valence electrons. The van der Waals surface area contributed by atoms with Crippen LogP contribution in [0.1, 0.15) is 20.3 Å². The first-order chi connectivity index (χ1) is 5.27. The first-order valence-corrected chi connectivity index (χ1v) is 3.61. The first-order valence-electron chi connectivity index (χ1n) is 3.61. The standard InChI is InChI=1S/C5H5N.C4H8O.ClH/c1-2-4-6-5-3-1;1-3-4(2)5;/h1-5H;3H2,1-2H3;1H. The molecule has 3 heteroatoms. The molecule has 0 N–H and O–H groups in total. The van der Waals surface area contributed by atoms with Crippen LogP contribution in [0, 0.1) is 0 Å². The van der Waals surface area contributed by atoms with E-state index in [1.807, 2.05) is 25.1 Å². The zero-order valence-electron chi connectivity index (χ0n) is 7.36. The van der Waals surface area contributed by atoms with Gasteiger partial charge in [-0.15, -0.1) is 12.4 Å². The van der Waals surface area contributed by atoms with Gasteiger partial charge in [-0.2, -0.15) is 0 Å². The Kier molecular flexibility index (Phi) is 11.5. The number of hydrogen-bond donors (Lipinski definition) is 0. The number of ketones is 1. The van der Waals surface area contributed by atoms with Crippen LogP contribution in [-0.2, 0) is 4.79 Å². The van der Waals surface area contributed by atoms with Crippen molar-refractivity contribution in [3.8, 4) is 0 Å². The number of aromatic nitrogens is 1. The highest BCUT2D eigenvalue weighted by Gasteiger charge is 1.76. The van der Waals surface area contributed by atoms with Crippen LogP contribution in [0.4, 0.5) is 0 Å². The fourth-order valence-electron chi connectivity index (χ4n) is 0.313. The average Bonchev–Trinajstić information content (AvgIpc) is 2.09. The lowest BCUT2D eigenvalue weighted by Crippen LogP contribution is -1.80. The van der Waals surface area contributed by atoms with Gasteiger partial charge in [-0.3, -0.25) is 4.98 Å². The number of carbonyl (C=O) groups excluding carboxylic acids is 1. The third-order valence-electron chi connectivity index (χ3n) is 1.06. The number of pyridine rings is 1. The normalized spacial score (nSPS) is 7.17. The monoisotopic (exact) mass is 187 g/mol. The Morgan fingerprint density at radius 2 is 1.67 bits per heavy atom. The molecular formula is C9H14ClNO. The minimum Gasteiger partial charge on any atom is -0.300 e. The minimum absolute atomic E-state index is 0. The summed E-state index contributed by atoms with van der Waals surface area (Å²) in [5.41, 5.74) is 0. The van der Waals surface area contributed by atoms with E-state index in [1.165, 1.54) is 0 Å². The Balaban J connectivity index is 0. The van der Waals surface area contributed by atoms with E-state index in [0.29, 0.717) is 6.42 Å². The second-order valence-electron chi connectivity index (χ2n) is 2.08. The fraction of sp³-hybridized carbons (Fsp3) is 0.333. The molecule has 0 atom stereocenters. The molecule has 1 aromatic rings. The number of carbonyl (C=O) groups is 1. The van der Waals surface area contributed by atoms with Gasteiger partial charge in [-0.1, -0.05) is 13.0 Å². The molecule has 0 amide bonds. The van der Waals surface area contributed by atoms with Gasteiger partial charge in [-0.25, -0.2) is 0 Å². The molecule has 1 aromatic heterocycles. The van der Waals surface area contributed by atoms with Crippen LogP contribution < -0.4 is 0 Å². The maximum Gasteiger partial charge on any atom is 0.129 e. The van der Waals surface area contributed by atoms with Crippen LogP contribution in [0.15, 0.2) is 30.6 Å². The molecule has 0 saturated carbocycles. The van der Waals surface area contributed by atoms with Crippen molar-refractivity contribution in [2.24, 2.45) is 0 Å². The van der Waals surface area contributed by atoms with Crippen molar-refractivity contribution in [1.29, 1.82) is 0 Å². The molecule has 0 aromatic carbocycles. The second-order valence-corrected chi connectivity index (χ2v) is 2.08. The molecule has 0 bridgehead atoms. The quantitative estimate of drug-likeness (QED) is 0.676.